The molecular formula is C15H24ClNOS. The second kappa shape index (κ2) is 7.63. The van der Waals surface area contributed by atoms with Crippen LogP contribution in [0.4, 0.5) is 0 Å². The molecule has 0 spiro atoms. The van der Waals surface area contributed by atoms with Crippen LogP contribution >= 0.6 is 22.9 Å². The molecule has 0 aliphatic heterocycles. The fourth-order valence-electron chi connectivity index (χ4n) is 3.07. The number of rotatable bonds is 6. The second-order valence-corrected chi connectivity index (χ2v) is 7.19. The number of hydrogen-bond donors (Lipinski definition) is 1. The predicted octanol–water partition coefficient (Wildman–Crippen LogP) is 4.26. The molecule has 1 aliphatic carbocycles. The van der Waals surface area contributed by atoms with Gasteiger partial charge in [0.05, 0.1) is 10.4 Å². The summed E-state index contributed by atoms with van der Waals surface area (Å²) in [5.41, 5.74) is 6.41. The van der Waals surface area contributed by atoms with E-state index in [-0.39, 0.29) is 12.1 Å². The van der Waals surface area contributed by atoms with Crippen LogP contribution in [0.5, 0.6) is 0 Å². The first-order valence-corrected chi connectivity index (χ1v) is 8.51. The van der Waals surface area contributed by atoms with E-state index in [4.69, 9.17) is 22.1 Å². The summed E-state index contributed by atoms with van der Waals surface area (Å²) in [7, 11) is 0. The van der Waals surface area contributed by atoms with E-state index < -0.39 is 0 Å². The summed E-state index contributed by atoms with van der Waals surface area (Å²) < 4.78 is 6.81. The van der Waals surface area contributed by atoms with Gasteiger partial charge in [0.15, 0.2) is 0 Å². The van der Waals surface area contributed by atoms with Gasteiger partial charge in [-0.3, -0.25) is 0 Å². The van der Waals surface area contributed by atoms with E-state index in [1.54, 1.807) is 11.3 Å². The molecule has 2 atom stereocenters. The molecule has 1 aromatic rings. The molecule has 4 heteroatoms. The molecule has 2 rings (SSSR count). The van der Waals surface area contributed by atoms with E-state index >= 15 is 0 Å². The molecule has 1 aliphatic rings. The van der Waals surface area contributed by atoms with Crippen molar-refractivity contribution in [2.45, 2.75) is 57.6 Å². The molecule has 108 valence electrons. The minimum absolute atomic E-state index is 0.0813. The van der Waals surface area contributed by atoms with E-state index in [0.717, 1.165) is 17.4 Å². The van der Waals surface area contributed by atoms with Crippen molar-refractivity contribution >= 4 is 22.9 Å². The van der Waals surface area contributed by atoms with Gasteiger partial charge in [-0.2, -0.15) is 0 Å². The molecular weight excluding hydrogens is 278 g/mol. The van der Waals surface area contributed by atoms with E-state index in [0.29, 0.717) is 5.92 Å². The van der Waals surface area contributed by atoms with Gasteiger partial charge in [-0.05, 0) is 44.2 Å². The molecule has 1 heterocycles. The third kappa shape index (κ3) is 4.45. The van der Waals surface area contributed by atoms with Crippen LogP contribution < -0.4 is 5.73 Å². The lowest BCUT2D eigenvalue weighted by molar-refractivity contribution is -0.00898. The number of nitrogens with two attached hydrogens (primary N) is 1. The van der Waals surface area contributed by atoms with Gasteiger partial charge >= 0.3 is 0 Å². The molecule has 0 amide bonds. The van der Waals surface area contributed by atoms with Crippen molar-refractivity contribution in [1.29, 1.82) is 0 Å². The smallest absolute Gasteiger partial charge is 0.0931 e. The van der Waals surface area contributed by atoms with E-state index in [9.17, 15) is 0 Å². The van der Waals surface area contributed by atoms with Gasteiger partial charge in [-0.15, -0.1) is 11.3 Å². The summed E-state index contributed by atoms with van der Waals surface area (Å²) in [6, 6.07) is 4.11. The molecule has 1 fully saturated rings. The lowest BCUT2D eigenvalue weighted by Gasteiger charge is -2.33. The van der Waals surface area contributed by atoms with E-state index in [2.05, 4.69) is 13.0 Å². The highest BCUT2D eigenvalue weighted by Gasteiger charge is 2.29. The van der Waals surface area contributed by atoms with Crippen molar-refractivity contribution in [1.82, 2.24) is 0 Å². The van der Waals surface area contributed by atoms with Gasteiger partial charge in [0, 0.05) is 17.5 Å². The Morgan fingerprint density at radius 2 is 2.11 bits per heavy atom. The maximum atomic E-state index is 6.41. The third-order valence-corrected chi connectivity index (χ3v) is 5.21. The molecule has 0 saturated heterocycles. The van der Waals surface area contributed by atoms with Crippen molar-refractivity contribution < 1.29 is 4.74 Å². The van der Waals surface area contributed by atoms with Gasteiger partial charge < -0.3 is 10.5 Å². The highest BCUT2D eigenvalue weighted by Crippen LogP contribution is 2.31. The lowest BCUT2D eigenvalue weighted by atomic mass is 9.82. The molecule has 19 heavy (non-hydrogen) atoms. The average Bonchev–Trinajstić information content (AvgIpc) is 2.82. The Hall–Kier alpha value is -0.0900. The van der Waals surface area contributed by atoms with Crippen molar-refractivity contribution in [2.24, 2.45) is 11.7 Å². The van der Waals surface area contributed by atoms with Crippen molar-refractivity contribution in [3.05, 3.63) is 21.3 Å². The Balaban J connectivity index is 1.96. The van der Waals surface area contributed by atoms with Crippen LogP contribution in [0.3, 0.4) is 0 Å². The Morgan fingerprint density at radius 3 is 2.68 bits per heavy atom. The Labute approximate surface area is 125 Å². The summed E-state index contributed by atoms with van der Waals surface area (Å²) in [6.07, 6.45) is 7.63. The van der Waals surface area contributed by atoms with Crippen LogP contribution in [-0.4, -0.2) is 18.8 Å². The Kier molecular flexibility index (Phi) is 6.14. The maximum absolute atomic E-state index is 6.41. The summed E-state index contributed by atoms with van der Waals surface area (Å²) in [5.74, 6) is 0.638. The molecule has 2 nitrogen and oxygen atoms in total. The molecule has 2 N–H and O–H groups in total. The molecule has 0 bridgehead atoms. The highest BCUT2D eigenvalue weighted by molar-refractivity contribution is 7.16. The average molecular weight is 302 g/mol. The first-order chi connectivity index (χ1) is 9.20. The number of halogens is 1. The minimum atomic E-state index is 0.0813. The van der Waals surface area contributed by atoms with Gasteiger partial charge in [0.1, 0.15) is 0 Å². The Morgan fingerprint density at radius 1 is 1.37 bits per heavy atom. The monoisotopic (exact) mass is 301 g/mol. The van der Waals surface area contributed by atoms with Gasteiger partial charge in [0.25, 0.3) is 0 Å². The lowest BCUT2D eigenvalue weighted by Crippen LogP contribution is -2.44. The standard InChI is InChI=1S/C15H24ClNOS/c1-2-18-15(11-6-4-3-5-7-11)13(17)10-12-8-9-14(16)19-12/h8-9,11,13,15H,2-7,10,17H2,1H3. The van der Waals surface area contributed by atoms with Gasteiger partial charge in [-0.1, -0.05) is 30.9 Å². The minimum Gasteiger partial charge on any atom is -0.377 e. The SMILES string of the molecule is CCOC(C(N)Cc1ccc(Cl)s1)C1CCCCC1. The summed E-state index contributed by atoms with van der Waals surface area (Å²) >= 11 is 7.61. The van der Waals surface area contributed by atoms with Gasteiger partial charge in [0.2, 0.25) is 0 Å². The zero-order chi connectivity index (χ0) is 13.7. The van der Waals surface area contributed by atoms with Crippen LogP contribution in [-0.2, 0) is 11.2 Å². The topological polar surface area (TPSA) is 35.2 Å². The highest BCUT2D eigenvalue weighted by atomic mass is 35.5. The van der Waals surface area contributed by atoms with Crippen LogP contribution in [0.15, 0.2) is 12.1 Å². The van der Waals surface area contributed by atoms with Crippen LogP contribution in [0.25, 0.3) is 0 Å². The second-order valence-electron chi connectivity index (χ2n) is 5.39. The van der Waals surface area contributed by atoms with E-state index in [1.807, 2.05) is 6.07 Å². The van der Waals surface area contributed by atoms with Crippen molar-refractivity contribution in [3.8, 4) is 0 Å². The first-order valence-electron chi connectivity index (χ1n) is 7.32. The largest absolute Gasteiger partial charge is 0.377 e. The molecule has 0 aromatic carbocycles. The molecule has 0 radical (unpaired) electrons. The quantitative estimate of drug-likeness (QED) is 0.852. The van der Waals surface area contributed by atoms with Crippen molar-refractivity contribution in [2.75, 3.05) is 6.61 Å². The van der Waals surface area contributed by atoms with Crippen LogP contribution in [0, 0.1) is 5.92 Å². The number of thiophene rings is 1. The normalized spacial score (nSPS) is 20.4. The van der Waals surface area contributed by atoms with Crippen LogP contribution in [0.1, 0.15) is 43.9 Å². The fourth-order valence-corrected chi connectivity index (χ4v) is 4.23. The fraction of sp³-hybridized carbons (Fsp3) is 0.733. The van der Waals surface area contributed by atoms with Crippen LogP contribution in [0.2, 0.25) is 4.34 Å². The number of ether oxygens (including phenoxy) is 1. The summed E-state index contributed by atoms with van der Waals surface area (Å²) in [5, 5.41) is 0. The summed E-state index contributed by atoms with van der Waals surface area (Å²) in [6.45, 7) is 2.81. The third-order valence-electron chi connectivity index (χ3n) is 3.96. The Bertz CT molecular complexity index is 376. The molecule has 1 saturated carbocycles. The first kappa shape index (κ1) is 15.3. The maximum Gasteiger partial charge on any atom is 0.0931 e. The zero-order valence-corrected chi connectivity index (χ0v) is 13.2. The predicted molar refractivity (Wildman–Crippen MR) is 83.0 cm³/mol. The zero-order valence-electron chi connectivity index (χ0n) is 11.6. The summed E-state index contributed by atoms with van der Waals surface area (Å²) in [4.78, 5) is 1.26. The number of hydrogen-bond acceptors (Lipinski definition) is 3. The molecule has 2 unspecified atom stereocenters. The van der Waals surface area contributed by atoms with Gasteiger partial charge in [-0.25, -0.2) is 0 Å². The van der Waals surface area contributed by atoms with E-state index in [1.165, 1.54) is 37.0 Å². The van der Waals surface area contributed by atoms with Crippen molar-refractivity contribution in [3.63, 3.8) is 0 Å². The molecule has 1 aromatic heterocycles.